The summed E-state index contributed by atoms with van der Waals surface area (Å²) in [4.78, 5) is 4.14. The summed E-state index contributed by atoms with van der Waals surface area (Å²) in [6, 6.07) is 7.99. The van der Waals surface area contributed by atoms with Gasteiger partial charge in [-0.25, -0.2) is 4.98 Å². The van der Waals surface area contributed by atoms with Crippen molar-refractivity contribution in [2.24, 2.45) is 0 Å². The highest BCUT2D eigenvalue weighted by molar-refractivity contribution is 14.1. The lowest BCUT2D eigenvalue weighted by Gasteiger charge is -2.03. The molecule has 72 valence electrons. The molecule has 0 aliphatic rings. The fourth-order valence-corrected chi connectivity index (χ4v) is 1.89. The highest BCUT2D eigenvalue weighted by atomic mass is 127. The molecule has 1 aromatic heterocycles. The van der Waals surface area contributed by atoms with Gasteiger partial charge in [0, 0.05) is 15.1 Å². The number of aromatic nitrogens is 1. The van der Waals surface area contributed by atoms with Gasteiger partial charge in [0.15, 0.2) is 0 Å². The molecule has 0 aliphatic carbocycles. The van der Waals surface area contributed by atoms with Gasteiger partial charge in [-0.3, -0.25) is 0 Å². The predicted molar refractivity (Wildman–Crippen MR) is 65.6 cm³/mol. The van der Waals surface area contributed by atoms with E-state index >= 15 is 0 Å². The summed E-state index contributed by atoms with van der Waals surface area (Å²) in [5, 5.41) is 2.95. The highest BCUT2D eigenvalue weighted by Crippen LogP contribution is 2.15. The summed E-state index contributed by atoms with van der Waals surface area (Å²) in [7, 11) is 0. The molecule has 0 bridgehead atoms. The van der Waals surface area contributed by atoms with E-state index in [-0.39, 0.29) is 0 Å². The van der Waals surface area contributed by atoms with Gasteiger partial charge >= 0.3 is 0 Å². The zero-order valence-electron chi connectivity index (χ0n) is 7.31. The molecule has 0 amide bonds. The van der Waals surface area contributed by atoms with E-state index in [0.29, 0.717) is 6.61 Å². The van der Waals surface area contributed by atoms with E-state index in [0.717, 1.165) is 10.8 Å². The molecule has 0 saturated heterocycles. The smallest absolute Gasteiger partial charge is 0.140 e. The Kier molecular flexibility index (Phi) is 3.36. The first-order valence-electron chi connectivity index (χ1n) is 4.11. The van der Waals surface area contributed by atoms with Crippen LogP contribution >= 0.6 is 33.9 Å². The molecule has 0 radical (unpaired) electrons. The Hall–Kier alpha value is -0.620. The van der Waals surface area contributed by atoms with Crippen molar-refractivity contribution < 1.29 is 4.74 Å². The summed E-state index contributed by atoms with van der Waals surface area (Å²) in [5.74, 6) is 0.889. The third-order valence-electron chi connectivity index (χ3n) is 1.66. The Morgan fingerprint density at radius 3 is 2.71 bits per heavy atom. The molecule has 2 nitrogen and oxygen atoms in total. The minimum absolute atomic E-state index is 0.554. The fourth-order valence-electron chi connectivity index (χ4n) is 1.00. The second-order valence-corrected chi connectivity index (χ2v) is 4.89. The minimum atomic E-state index is 0.554. The van der Waals surface area contributed by atoms with Crippen LogP contribution in [0.2, 0.25) is 0 Å². The Morgan fingerprint density at radius 2 is 2.07 bits per heavy atom. The number of ether oxygens (including phenoxy) is 1. The Morgan fingerprint density at radius 1 is 1.29 bits per heavy atom. The van der Waals surface area contributed by atoms with E-state index in [2.05, 4.69) is 27.6 Å². The van der Waals surface area contributed by atoms with Crippen molar-refractivity contribution in [3.63, 3.8) is 0 Å². The molecule has 4 heteroatoms. The monoisotopic (exact) mass is 317 g/mol. The molecule has 0 unspecified atom stereocenters. The minimum Gasteiger partial charge on any atom is -0.486 e. The van der Waals surface area contributed by atoms with Crippen molar-refractivity contribution in [3.8, 4) is 5.75 Å². The van der Waals surface area contributed by atoms with Crippen LogP contribution in [-0.4, -0.2) is 4.98 Å². The first-order chi connectivity index (χ1) is 6.84. The molecule has 14 heavy (non-hydrogen) atoms. The molecule has 2 aromatic rings. The van der Waals surface area contributed by atoms with Crippen LogP contribution in [0.3, 0.4) is 0 Å². The van der Waals surface area contributed by atoms with E-state index in [9.17, 15) is 0 Å². The first-order valence-corrected chi connectivity index (χ1v) is 6.07. The van der Waals surface area contributed by atoms with Crippen LogP contribution in [0.5, 0.6) is 5.75 Å². The fraction of sp³-hybridized carbons (Fsp3) is 0.100. The zero-order valence-corrected chi connectivity index (χ0v) is 10.3. The van der Waals surface area contributed by atoms with Crippen molar-refractivity contribution in [1.29, 1.82) is 0 Å². The second-order valence-electron chi connectivity index (χ2n) is 2.67. The summed E-state index contributed by atoms with van der Waals surface area (Å²) in [5.41, 5.74) is 0. The Labute approximate surface area is 100 Å². The van der Waals surface area contributed by atoms with Gasteiger partial charge in [-0.2, -0.15) is 0 Å². The van der Waals surface area contributed by atoms with Crippen LogP contribution in [0.25, 0.3) is 0 Å². The molecule has 0 N–H and O–H groups in total. The summed E-state index contributed by atoms with van der Waals surface area (Å²) in [6.45, 7) is 0.554. The van der Waals surface area contributed by atoms with E-state index in [1.807, 2.05) is 29.6 Å². The van der Waals surface area contributed by atoms with Crippen LogP contribution in [-0.2, 0) is 6.61 Å². The van der Waals surface area contributed by atoms with Gasteiger partial charge in [-0.1, -0.05) is 0 Å². The maximum atomic E-state index is 5.55. The molecule has 0 atom stereocenters. The van der Waals surface area contributed by atoms with Gasteiger partial charge in [-0.05, 0) is 46.9 Å². The molecule has 0 saturated carbocycles. The van der Waals surface area contributed by atoms with Crippen LogP contribution < -0.4 is 4.74 Å². The standard InChI is InChI=1S/C10H8INOS/c11-8-1-3-9(4-2-8)13-7-10-12-5-6-14-10/h1-6H,7H2. The van der Waals surface area contributed by atoms with Gasteiger partial charge in [0.05, 0.1) is 0 Å². The molecule has 0 fully saturated rings. The number of benzene rings is 1. The summed E-state index contributed by atoms with van der Waals surface area (Å²) in [6.07, 6.45) is 1.79. The Bertz CT molecular complexity index is 385. The number of rotatable bonds is 3. The van der Waals surface area contributed by atoms with Crippen molar-refractivity contribution in [1.82, 2.24) is 4.98 Å². The van der Waals surface area contributed by atoms with Gasteiger partial charge in [0.1, 0.15) is 17.4 Å². The zero-order chi connectivity index (χ0) is 9.80. The first kappa shape index (κ1) is 9.92. The van der Waals surface area contributed by atoms with Gasteiger partial charge < -0.3 is 4.74 Å². The van der Waals surface area contributed by atoms with Crippen molar-refractivity contribution >= 4 is 33.9 Å². The largest absolute Gasteiger partial charge is 0.486 e. The van der Waals surface area contributed by atoms with E-state index in [1.165, 1.54) is 3.57 Å². The third kappa shape index (κ3) is 2.68. The molecule has 2 rings (SSSR count). The lowest BCUT2D eigenvalue weighted by Crippen LogP contribution is -1.93. The normalized spacial score (nSPS) is 10.1. The SMILES string of the molecule is Ic1ccc(OCc2nccs2)cc1. The van der Waals surface area contributed by atoms with Gasteiger partial charge in [0.25, 0.3) is 0 Å². The average molecular weight is 317 g/mol. The van der Waals surface area contributed by atoms with Crippen LogP contribution in [0, 0.1) is 3.57 Å². The Balaban J connectivity index is 1.95. The quantitative estimate of drug-likeness (QED) is 0.810. The lowest BCUT2D eigenvalue weighted by molar-refractivity contribution is 0.305. The average Bonchev–Trinajstić information content (AvgIpc) is 2.70. The number of thiazole rings is 1. The van der Waals surface area contributed by atoms with Gasteiger partial charge in [0.2, 0.25) is 0 Å². The van der Waals surface area contributed by atoms with E-state index in [1.54, 1.807) is 17.5 Å². The van der Waals surface area contributed by atoms with Crippen molar-refractivity contribution in [2.45, 2.75) is 6.61 Å². The van der Waals surface area contributed by atoms with Gasteiger partial charge in [-0.15, -0.1) is 11.3 Å². The second kappa shape index (κ2) is 4.75. The molecule has 0 spiro atoms. The number of halogens is 1. The molecule has 0 aliphatic heterocycles. The van der Waals surface area contributed by atoms with Crippen LogP contribution in [0.15, 0.2) is 35.8 Å². The summed E-state index contributed by atoms with van der Waals surface area (Å²) >= 11 is 3.88. The molecular weight excluding hydrogens is 309 g/mol. The van der Waals surface area contributed by atoms with Crippen LogP contribution in [0.4, 0.5) is 0 Å². The summed E-state index contributed by atoms with van der Waals surface area (Å²) < 4.78 is 6.76. The molecule has 1 heterocycles. The lowest BCUT2D eigenvalue weighted by atomic mass is 10.3. The van der Waals surface area contributed by atoms with E-state index < -0.39 is 0 Å². The van der Waals surface area contributed by atoms with Crippen molar-refractivity contribution in [2.75, 3.05) is 0 Å². The number of nitrogens with zero attached hydrogens (tertiary/aromatic N) is 1. The highest BCUT2D eigenvalue weighted by Gasteiger charge is 1.97. The van der Waals surface area contributed by atoms with Crippen molar-refractivity contribution in [3.05, 3.63) is 44.4 Å². The van der Waals surface area contributed by atoms with E-state index in [4.69, 9.17) is 4.74 Å². The topological polar surface area (TPSA) is 22.1 Å². The van der Waals surface area contributed by atoms with Crippen LogP contribution in [0.1, 0.15) is 5.01 Å². The molecular formula is C10H8INOS. The maximum Gasteiger partial charge on any atom is 0.140 e. The number of hydrogen-bond acceptors (Lipinski definition) is 3. The predicted octanol–water partition coefficient (Wildman–Crippen LogP) is 3.33. The molecule has 1 aromatic carbocycles. The number of hydrogen-bond donors (Lipinski definition) is 0. The third-order valence-corrected chi connectivity index (χ3v) is 3.13. The maximum absolute atomic E-state index is 5.55.